The van der Waals surface area contributed by atoms with Crippen LogP contribution >= 0.6 is 23.2 Å². The molecule has 0 spiro atoms. The highest BCUT2D eigenvalue weighted by Crippen LogP contribution is 2.09. The Morgan fingerprint density at radius 2 is 2.11 bits per heavy atom. The Morgan fingerprint density at radius 1 is 1.56 bits per heavy atom. The monoisotopic (exact) mass is 169 g/mol. The second-order valence-corrected chi connectivity index (χ2v) is 3.29. The molecule has 0 aromatic rings. The van der Waals surface area contributed by atoms with Crippen LogP contribution < -0.4 is 0 Å². The lowest BCUT2D eigenvalue weighted by atomic mass is 10.2. The molecule has 0 aliphatic rings. The summed E-state index contributed by atoms with van der Waals surface area (Å²) in [6.45, 7) is 1.99. The average Bonchev–Trinajstić information content (AvgIpc) is 1.63. The lowest BCUT2D eigenvalue weighted by molar-refractivity contribution is 0.741. The lowest BCUT2D eigenvalue weighted by Crippen LogP contribution is -2.07. The average molecular weight is 170 g/mol. The Labute approximate surface area is 64.5 Å². The Kier molecular flexibility index (Phi) is 5.10. The molecule has 2 nitrogen and oxygen atoms in total. The van der Waals surface area contributed by atoms with Gasteiger partial charge < -0.3 is 0 Å². The third kappa shape index (κ3) is 6.06. The first-order valence-electron chi connectivity index (χ1n) is 2.74. The van der Waals surface area contributed by atoms with Gasteiger partial charge in [-0.2, -0.15) is 4.91 Å². The zero-order chi connectivity index (χ0) is 7.28. The minimum absolute atomic E-state index is 0.0225. The van der Waals surface area contributed by atoms with Crippen molar-refractivity contribution in [3.05, 3.63) is 4.91 Å². The summed E-state index contributed by atoms with van der Waals surface area (Å²) in [5, 5.41) is 2.47. The fraction of sp³-hybridized carbons (Fsp3) is 1.00. The molecule has 0 heterocycles. The molecule has 4 heteroatoms. The van der Waals surface area contributed by atoms with E-state index in [0.29, 0.717) is 6.42 Å². The number of alkyl halides is 2. The van der Waals surface area contributed by atoms with Crippen LogP contribution in [0.2, 0.25) is 0 Å². The lowest BCUT2D eigenvalue weighted by Gasteiger charge is -2.04. The number of hydrogen-bond donors (Lipinski definition) is 0. The van der Waals surface area contributed by atoms with Crippen molar-refractivity contribution in [1.29, 1.82) is 0 Å². The fourth-order valence-electron chi connectivity index (χ4n) is 0.508. The van der Waals surface area contributed by atoms with E-state index >= 15 is 0 Å². The highest BCUT2D eigenvalue weighted by molar-refractivity contribution is 6.23. The summed E-state index contributed by atoms with van der Waals surface area (Å²) >= 11 is 11.2. The number of hydrogen-bond acceptors (Lipinski definition) is 2. The number of rotatable bonds is 4. The van der Waals surface area contributed by atoms with E-state index < -0.39 is 0 Å². The van der Waals surface area contributed by atoms with Crippen molar-refractivity contribution in [2.75, 3.05) is 6.54 Å². The summed E-state index contributed by atoms with van der Waals surface area (Å²) in [5.41, 5.74) is 0. The molecule has 9 heavy (non-hydrogen) atoms. The molecule has 0 aliphatic carbocycles. The van der Waals surface area contributed by atoms with Crippen molar-refractivity contribution in [3.8, 4) is 0 Å². The number of nitrogens with zero attached hydrogens (tertiary/aromatic N) is 1. The van der Waals surface area contributed by atoms with Crippen molar-refractivity contribution in [2.24, 2.45) is 5.18 Å². The Bertz CT molecular complexity index is 87.0. The van der Waals surface area contributed by atoms with E-state index in [4.69, 9.17) is 23.2 Å². The smallest absolute Gasteiger partial charge is 0.0975 e. The van der Waals surface area contributed by atoms with Crippen LogP contribution in [0.3, 0.4) is 0 Å². The van der Waals surface area contributed by atoms with E-state index in [0.717, 1.165) is 0 Å². The minimum atomic E-state index is -0.199. The van der Waals surface area contributed by atoms with E-state index in [1.165, 1.54) is 0 Å². The molecule has 0 radical (unpaired) electrons. The summed E-state index contributed by atoms with van der Waals surface area (Å²) in [6.07, 6.45) is 0.634. The molecule has 54 valence electrons. The first kappa shape index (κ1) is 9.18. The number of nitroso groups, excluding NO2 is 1. The predicted molar refractivity (Wildman–Crippen MR) is 40.2 cm³/mol. The van der Waals surface area contributed by atoms with E-state index in [2.05, 4.69) is 5.18 Å². The van der Waals surface area contributed by atoms with Crippen LogP contribution in [0.4, 0.5) is 0 Å². The molecule has 0 fully saturated rings. The summed E-state index contributed by atoms with van der Waals surface area (Å²) in [6, 6.07) is 0. The normalized spacial score (nSPS) is 16.8. The molecule has 2 atom stereocenters. The standard InChI is InChI=1S/C5H9Cl2NO/c1-4(6)2-5(7)3-8-9/h4-5H,2-3H2,1H3. The summed E-state index contributed by atoms with van der Waals surface area (Å²) in [4.78, 5) is 9.62. The van der Waals surface area contributed by atoms with Gasteiger partial charge in [0, 0.05) is 5.38 Å². The predicted octanol–water partition coefficient (Wildman–Crippen LogP) is 2.38. The molecular formula is C5H9Cl2NO. The molecule has 0 aromatic heterocycles. The van der Waals surface area contributed by atoms with Crippen molar-refractivity contribution in [3.63, 3.8) is 0 Å². The third-order valence-corrected chi connectivity index (χ3v) is 1.35. The molecule has 2 unspecified atom stereocenters. The van der Waals surface area contributed by atoms with Crippen molar-refractivity contribution < 1.29 is 0 Å². The molecule has 0 rings (SSSR count). The van der Waals surface area contributed by atoms with Crippen molar-refractivity contribution >= 4 is 23.2 Å². The topological polar surface area (TPSA) is 29.4 Å². The van der Waals surface area contributed by atoms with Crippen LogP contribution in [-0.4, -0.2) is 17.3 Å². The molecule has 0 saturated carbocycles. The first-order chi connectivity index (χ1) is 4.16. The van der Waals surface area contributed by atoms with Gasteiger partial charge in [-0.3, -0.25) is 0 Å². The van der Waals surface area contributed by atoms with Crippen molar-refractivity contribution in [2.45, 2.75) is 24.1 Å². The second kappa shape index (κ2) is 5.00. The van der Waals surface area contributed by atoms with E-state index in [-0.39, 0.29) is 17.3 Å². The summed E-state index contributed by atoms with van der Waals surface area (Å²) in [7, 11) is 0. The first-order valence-corrected chi connectivity index (χ1v) is 3.61. The maximum Gasteiger partial charge on any atom is 0.0975 e. The molecule has 0 bridgehead atoms. The highest BCUT2D eigenvalue weighted by Gasteiger charge is 2.07. The van der Waals surface area contributed by atoms with Crippen LogP contribution in [0, 0.1) is 4.91 Å². The molecule has 0 amide bonds. The van der Waals surface area contributed by atoms with Crippen molar-refractivity contribution in [1.82, 2.24) is 0 Å². The zero-order valence-corrected chi connectivity index (χ0v) is 6.69. The number of halogens is 2. The van der Waals surface area contributed by atoms with Gasteiger partial charge in [-0.05, 0) is 13.3 Å². The van der Waals surface area contributed by atoms with Gasteiger partial charge >= 0.3 is 0 Å². The fourth-order valence-corrected chi connectivity index (χ4v) is 1.14. The van der Waals surface area contributed by atoms with Gasteiger partial charge in [0.25, 0.3) is 0 Å². The second-order valence-electron chi connectivity index (χ2n) is 1.93. The van der Waals surface area contributed by atoms with Crippen LogP contribution in [0.5, 0.6) is 0 Å². The Morgan fingerprint density at radius 3 is 2.44 bits per heavy atom. The van der Waals surface area contributed by atoms with Gasteiger partial charge in [0.2, 0.25) is 0 Å². The van der Waals surface area contributed by atoms with Gasteiger partial charge in [-0.15, -0.1) is 23.2 Å². The zero-order valence-electron chi connectivity index (χ0n) is 5.18. The van der Waals surface area contributed by atoms with Crippen LogP contribution in [0.15, 0.2) is 5.18 Å². The highest BCUT2D eigenvalue weighted by atomic mass is 35.5. The van der Waals surface area contributed by atoms with Gasteiger partial charge in [0.1, 0.15) is 0 Å². The maximum absolute atomic E-state index is 9.62. The van der Waals surface area contributed by atoms with Gasteiger partial charge in [-0.25, -0.2) is 0 Å². The molecule has 0 aliphatic heterocycles. The summed E-state index contributed by atoms with van der Waals surface area (Å²) in [5.74, 6) is 0. The third-order valence-electron chi connectivity index (χ3n) is 0.853. The molecule has 0 N–H and O–H groups in total. The quantitative estimate of drug-likeness (QED) is 0.470. The van der Waals surface area contributed by atoms with Gasteiger partial charge in [0.05, 0.1) is 11.9 Å². The SMILES string of the molecule is CC(Cl)CC(Cl)CN=O. The Balaban J connectivity index is 3.25. The summed E-state index contributed by atoms with van der Waals surface area (Å²) < 4.78 is 0. The van der Waals surface area contributed by atoms with Crippen LogP contribution in [-0.2, 0) is 0 Å². The minimum Gasteiger partial charge on any atom is -0.151 e. The van der Waals surface area contributed by atoms with Crippen LogP contribution in [0.1, 0.15) is 13.3 Å². The van der Waals surface area contributed by atoms with Gasteiger partial charge in [0.15, 0.2) is 0 Å². The largest absolute Gasteiger partial charge is 0.151 e. The molecule has 0 saturated heterocycles. The van der Waals surface area contributed by atoms with Gasteiger partial charge in [-0.1, -0.05) is 5.18 Å². The van der Waals surface area contributed by atoms with E-state index in [9.17, 15) is 4.91 Å². The maximum atomic E-state index is 9.62. The Hall–Kier alpha value is 0.180. The molecular weight excluding hydrogens is 161 g/mol. The molecule has 0 aromatic carbocycles. The van der Waals surface area contributed by atoms with E-state index in [1.54, 1.807) is 0 Å². The van der Waals surface area contributed by atoms with E-state index in [1.807, 2.05) is 6.92 Å². The van der Waals surface area contributed by atoms with Crippen LogP contribution in [0.25, 0.3) is 0 Å².